The molecule has 3 aromatic carbocycles. The van der Waals surface area contributed by atoms with Gasteiger partial charge in [0.15, 0.2) is 0 Å². The molecule has 0 aliphatic carbocycles. The Balaban J connectivity index is 1.59. The molecule has 0 aromatic heterocycles. The normalized spacial score (nSPS) is 11.7. The van der Waals surface area contributed by atoms with E-state index in [9.17, 15) is 0 Å². The maximum Gasteiger partial charge on any atom is 0.132 e. The Hall–Kier alpha value is -2.12. The van der Waals surface area contributed by atoms with Crippen LogP contribution in [0.4, 0.5) is 5.69 Å². The molecule has 0 spiro atoms. The molecule has 3 rings (SSSR count). The smallest absolute Gasteiger partial charge is 0.132 e. The van der Waals surface area contributed by atoms with Crippen molar-refractivity contribution in [2.45, 2.75) is 19.3 Å². The van der Waals surface area contributed by atoms with Crippen LogP contribution in [0.25, 0.3) is 10.8 Å². The quantitative estimate of drug-likeness (QED) is 0.421. The summed E-state index contributed by atoms with van der Waals surface area (Å²) in [6.07, 6.45) is 3.64. The summed E-state index contributed by atoms with van der Waals surface area (Å²) in [5.74, 6) is 0. The van der Waals surface area contributed by atoms with Crippen molar-refractivity contribution < 1.29 is 0 Å². The Kier molecular flexibility index (Phi) is 4.78. The molecular formula is C22H26N+. The van der Waals surface area contributed by atoms with Gasteiger partial charge in [-0.15, -0.1) is 0 Å². The van der Waals surface area contributed by atoms with E-state index in [4.69, 9.17) is 0 Å². The van der Waals surface area contributed by atoms with Crippen molar-refractivity contribution in [3.8, 4) is 0 Å². The van der Waals surface area contributed by atoms with Crippen molar-refractivity contribution in [1.29, 1.82) is 0 Å². The molecule has 1 nitrogen and oxygen atoms in total. The zero-order chi connectivity index (χ0) is 16.1. The number of hydrogen-bond acceptors (Lipinski definition) is 0. The molecule has 0 saturated heterocycles. The average Bonchev–Trinajstić information content (AvgIpc) is 2.59. The van der Waals surface area contributed by atoms with Crippen LogP contribution >= 0.6 is 0 Å². The highest BCUT2D eigenvalue weighted by atomic mass is 15.3. The van der Waals surface area contributed by atoms with Gasteiger partial charge in [0.2, 0.25) is 0 Å². The molecule has 23 heavy (non-hydrogen) atoms. The molecule has 0 amide bonds. The van der Waals surface area contributed by atoms with E-state index in [-0.39, 0.29) is 0 Å². The van der Waals surface area contributed by atoms with E-state index in [1.165, 1.54) is 41.4 Å². The lowest BCUT2D eigenvalue weighted by molar-refractivity contribution is 0.385. The van der Waals surface area contributed by atoms with Crippen LogP contribution < -0.4 is 4.48 Å². The van der Waals surface area contributed by atoms with E-state index in [1.54, 1.807) is 0 Å². The van der Waals surface area contributed by atoms with E-state index >= 15 is 0 Å². The van der Waals surface area contributed by atoms with Gasteiger partial charge in [0, 0.05) is 0 Å². The number of fused-ring (bicyclic) bond motifs is 1. The molecule has 0 unspecified atom stereocenters. The number of rotatable bonds is 6. The number of unbranched alkanes of at least 4 members (excludes halogenated alkanes) is 1. The molecule has 3 aromatic rings. The zero-order valence-corrected chi connectivity index (χ0v) is 14.2. The number of aryl methyl sites for hydroxylation is 1. The number of para-hydroxylation sites is 1. The van der Waals surface area contributed by atoms with Crippen molar-refractivity contribution in [2.75, 3.05) is 20.6 Å². The van der Waals surface area contributed by atoms with Crippen molar-refractivity contribution in [2.24, 2.45) is 0 Å². The summed E-state index contributed by atoms with van der Waals surface area (Å²) in [7, 11) is 4.60. The number of hydrogen-bond donors (Lipinski definition) is 0. The predicted octanol–water partition coefficient (Wildman–Crippen LogP) is 5.43. The molecule has 0 aliphatic heterocycles. The second-order valence-electron chi connectivity index (χ2n) is 6.84. The Morgan fingerprint density at radius 2 is 1.39 bits per heavy atom. The minimum atomic E-state index is 0.955. The first-order valence-corrected chi connectivity index (χ1v) is 8.52. The van der Waals surface area contributed by atoms with E-state index in [0.29, 0.717) is 0 Å². The lowest BCUT2D eigenvalue weighted by Crippen LogP contribution is -2.41. The van der Waals surface area contributed by atoms with E-state index in [2.05, 4.69) is 86.9 Å². The van der Waals surface area contributed by atoms with Crippen LogP contribution in [-0.2, 0) is 6.42 Å². The summed E-state index contributed by atoms with van der Waals surface area (Å²) >= 11 is 0. The van der Waals surface area contributed by atoms with Gasteiger partial charge in [-0.05, 0) is 47.7 Å². The van der Waals surface area contributed by atoms with Gasteiger partial charge in [0.1, 0.15) is 5.69 Å². The van der Waals surface area contributed by atoms with Crippen molar-refractivity contribution in [3.63, 3.8) is 0 Å². The van der Waals surface area contributed by atoms with Crippen molar-refractivity contribution in [3.05, 3.63) is 78.4 Å². The highest BCUT2D eigenvalue weighted by molar-refractivity contribution is 5.85. The van der Waals surface area contributed by atoms with Crippen LogP contribution in [0, 0.1) is 0 Å². The van der Waals surface area contributed by atoms with Gasteiger partial charge in [-0.3, -0.25) is 4.48 Å². The lowest BCUT2D eigenvalue weighted by Gasteiger charge is -2.29. The van der Waals surface area contributed by atoms with Crippen LogP contribution in [0.3, 0.4) is 0 Å². The summed E-state index contributed by atoms with van der Waals surface area (Å²) in [5, 5.41) is 2.76. The fraction of sp³-hybridized carbons (Fsp3) is 0.273. The molecule has 0 atom stereocenters. The highest BCUT2D eigenvalue weighted by Crippen LogP contribution is 2.22. The second kappa shape index (κ2) is 6.97. The number of quaternary nitrogens is 1. The topological polar surface area (TPSA) is 0 Å². The molecule has 0 bridgehead atoms. The Labute approximate surface area is 139 Å². The van der Waals surface area contributed by atoms with Gasteiger partial charge in [-0.1, -0.05) is 60.7 Å². The summed E-state index contributed by atoms with van der Waals surface area (Å²) in [5.41, 5.74) is 2.87. The third-order valence-electron chi connectivity index (χ3n) is 4.75. The van der Waals surface area contributed by atoms with Crippen LogP contribution in [0.2, 0.25) is 0 Å². The molecule has 1 heteroatoms. The number of benzene rings is 3. The van der Waals surface area contributed by atoms with Crippen LogP contribution in [0.1, 0.15) is 18.4 Å². The van der Waals surface area contributed by atoms with Crippen molar-refractivity contribution in [1.82, 2.24) is 4.48 Å². The Bertz CT molecular complexity index is 754. The first-order chi connectivity index (χ1) is 11.2. The molecular weight excluding hydrogens is 278 g/mol. The molecule has 0 fully saturated rings. The van der Waals surface area contributed by atoms with E-state index in [0.717, 1.165) is 10.9 Å². The van der Waals surface area contributed by atoms with E-state index < -0.39 is 0 Å². The molecule has 0 saturated carbocycles. The molecule has 0 radical (unpaired) electrons. The van der Waals surface area contributed by atoms with Gasteiger partial charge in [0.25, 0.3) is 0 Å². The van der Waals surface area contributed by atoms with Gasteiger partial charge in [0.05, 0.1) is 20.6 Å². The van der Waals surface area contributed by atoms with Crippen molar-refractivity contribution >= 4 is 16.5 Å². The largest absolute Gasteiger partial charge is 0.296 e. The van der Waals surface area contributed by atoms with Crippen LogP contribution in [0.5, 0.6) is 0 Å². The summed E-state index contributed by atoms with van der Waals surface area (Å²) in [6, 6.07) is 26.2. The van der Waals surface area contributed by atoms with Crippen LogP contribution in [0.15, 0.2) is 72.8 Å². The minimum absolute atomic E-state index is 0.955. The maximum absolute atomic E-state index is 2.30. The Morgan fingerprint density at radius 1 is 0.696 bits per heavy atom. The van der Waals surface area contributed by atoms with Gasteiger partial charge in [-0.2, -0.15) is 0 Å². The fourth-order valence-electron chi connectivity index (χ4n) is 3.29. The lowest BCUT2D eigenvalue weighted by atomic mass is 10.00. The summed E-state index contributed by atoms with van der Waals surface area (Å²) in [6.45, 7) is 1.18. The molecule has 0 aliphatic rings. The third kappa shape index (κ3) is 3.80. The fourth-order valence-corrected chi connectivity index (χ4v) is 3.29. The Morgan fingerprint density at radius 3 is 2.22 bits per heavy atom. The maximum atomic E-state index is 2.30. The van der Waals surface area contributed by atoms with Gasteiger partial charge < -0.3 is 0 Å². The first-order valence-electron chi connectivity index (χ1n) is 8.52. The first kappa shape index (κ1) is 15.8. The molecule has 118 valence electrons. The summed E-state index contributed by atoms with van der Waals surface area (Å²) in [4.78, 5) is 0. The minimum Gasteiger partial charge on any atom is -0.296 e. The average molecular weight is 304 g/mol. The summed E-state index contributed by atoms with van der Waals surface area (Å²) < 4.78 is 0.955. The predicted molar refractivity (Wildman–Crippen MR) is 102 cm³/mol. The third-order valence-corrected chi connectivity index (χ3v) is 4.75. The van der Waals surface area contributed by atoms with Gasteiger partial charge >= 0.3 is 0 Å². The second-order valence-corrected chi connectivity index (χ2v) is 6.84. The van der Waals surface area contributed by atoms with Gasteiger partial charge in [-0.25, -0.2) is 0 Å². The number of nitrogens with zero attached hydrogens (tertiary/aromatic N) is 1. The molecule has 0 heterocycles. The standard InChI is InChI=1S/C22H26N/c1-23(2,21-15-4-3-5-16-21)18-9-8-12-20-14-10-13-19-11-6-7-17-22(19)20/h3-7,10-11,13-17H,8-9,12,18H2,1-2H3/q+1. The van der Waals surface area contributed by atoms with E-state index in [1.807, 2.05) is 0 Å². The zero-order valence-electron chi connectivity index (χ0n) is 14.2. The SMILES string of the molecule is C[N+](C)(CCCCc1cccc2ccccc12)c1ccccc1. The highest BCUT2D eigenvalue weighted by Gasteiger charge is 2.17. The monoisotopic (exact) mass is 304 g/mol. The van der Waals surface area contributed by atoms with Crippen LogP contribution in [-0.4, -0.2) is 20.6 Å². The molecule has 0 N–H and O–H groups in total.